The Kier molecular flexibility index (Phi) is 5.23. The van der Waals surface area contributed by atoms with Crippen LogP contribution in [0.3, 0.4) is 0 Å². The second-order valence-electron chi connectivity index (χ2n) is 7.13. The molecule has 1 amide bonds. The maximum atomic E-state index is 12.8. The third kappa shape index (κ3) is 3.95. The molecule has 152 valence electrons. The minimum absolute atomic E-state index is 0.0674. The molecule has 3 heterocycles. The van der Waals surface area contributed by atoms with E-state index < -0.39 is 0 Å². The SMILES string of the molecule is Cc1cc2nc(SCC(=O)NCc3ccc4c(c3)OCO4)n(C(C)C)c(=O)c2[nH]1. The number of nitrogens with one attached hydrogen (secondary N) is 2. The molecule has 2 aromatic heterocycles. The number of fused-ring (bicyclic) bond motifs is 2. The molecule has 3 aromatic rings. The van der Waals surface area contributed by atoms with E-state index in [1.807, 2.05) is 45.0 Å². The van der Waals surface area contributed by atoms with Crippen molar-refractivity contribution in [2.45, 2.75) is 38.5 Å². The topological polar surface area (TPSA) is 98.2 Å². The van der Waals surface area contributed by atoms with E-state index in [0.717, 1.165) is 11.3 Å². The van der Waals surface area contributed by atoms with Gasteiger partial charge in [-0.05, 0) is 44.5 Å². The van der Waals surface area contributed by atoms with Crippen molar-refractivity contribution in [3.8, 4) is 11.5 Å². The van der Waals surface area contributed by atoms with Crippen molar-refractivity contribution in [3.05, 3.63) is 45.9 Å². The number of H-pyrrole nitrogens is 1. The molecule has 0 radical (unpaired) electrons. The number of amides is 1. The summed E-state index contributed by atoms with van der Waals surface area (Å²) >= 11 is 1.26. The second-order valence-corrected chi connectivity index (χ2v) is 8.07. The maximum Gasteiger partial charge on any atom is 0.278 e. The number of nitrogens with zero attached hydrogens (tertiary/aromatic N) is 2. The zero-order valence-electron chi connectivity index (χ0n) is 16.4. The quantitative estimate of drug-likeness (QED) is 0.475. The number of aromatic nitrogens is 3. The molecule has 8 nitrogen and oxygen atoms in total. The normalized spacial score (nSPS) is 12.7. The summed E-state index contributed by atoms with van der Waals surface area (Å²) < 4.78 is 12.3. The zero-order chi connectivity index (χ0) is 20.5. The Bertz CT molecular complexity index is 1140. The number of aryl methyl sites for hydroxylation is 1. The first-order valence-electron chi connectivity index (χ1n) is 9.32. The third-order valence-corrected chi connectivity index (χ3v) is 5.51. The van der Waals surface area contributed by atoms with Crippen molar-refractivity contribution in [3.63, 3.8) is 0 Å². The number of aromatic amines is 1. The summed E-state index contributed by atoms with van der Waals surface area (Å²) in [4.78, 5) is 32.8. The molecule has 0 atom stereocenters. The lowest BCUT2D eigenvalue weighted by Gasteiger charge is -2.15. The second kappa shape index (κ2) is 7.82. The van der Waals surface area contributed by atoms with E-state index in [9.17, 15) is 9.59 Å². The van der Waals surface area contributed by atoms with E-state index >= 15 is 0 Å². The Morgan fingerprint density at radius 2 is 2.10 bits per heavy atom. The number of hydrogen-bond donors (Lipinski definition) is 2. The van der Waals surface area contributed by atoms with Crippen LogP contribution >= 0.6 is 11.8 Å². The molecular formula is C20H22N4O4S. The first-order chi connectivity index (χ1) is 13.9. The van der Waals surface area contributed by atoms with Crippen LogP contribution in [0.4, 0.5) is 0 Å². The van der Waals surface area contributed by atoms with Crippen LogP contribution in [-0.4, -0.2) is 33.0 Å². The van der Waals surface area contributed by atoms with Crippen LogP contribution in [0.5, 0.6) is 11.5 Å². The molecule has 0 fully saturated rings. The number of hydrogen-bond acceptors (Lipinski definition) is 6. The highest BCUT2D eigenvalue weighted by atomic mass is 32.2. The fourth-order valence-corrected chi connectivity index (χ4v) is 4.14. The Morgan fingerprint density at radius 1 is 1.31 bits per heavy atom. The Morgan fingerprint density at radius 3 is 2.90 bits per heavy atom. The third-order valence-electron chi connectivity index (χ3n) is 4.56. The van der Waals surface area contributed by atoms with Gasteiger partial charge in [0, 0.05) is 18.3 Å². The molecule has 0 saturated carbocycles. The molecule has 1 aromatic carbocycles. The van der Waals surface area contributed by atoms with Gasteiger partial charge in [0.25, 0.3) is 5.56 Å². The molecule has 0 aliphatic carbocycles. The fraction of sp³-hybridized carbons (Fsp3) is 0.350. The van der Waals surface area contributed by atoms with E-state index in [0.29, 0.717) is 34.2 Å². The van der Waals surface area contributed by atoms with Crippen molar-refractivity contribution in [1.29, 1.82) is 0 Å². The highest BCUT2D eigenvalue weighted by Gasteiger charge is 2.17. The van der Waals surface area contributed by atoms with Gasteiger partial charge in [-0.3, -0.25) is 14.2 Å². The molecule has 1 aliphatic heterocycles. The average molecular weight is 414 g/mol. The summed E-state index contributed by atoms with van der Waals surface area (Å²) in [6.45, 7) is 6.34. The largest absolute Gasteiger partial charge is 0.454 e. The minimum Gasteiger partial charge on any atom is -0.454 e. The number of benzene rings is 1. The Labute approximate surface area is 171 Å². The number of thioether (sulfide) groups is 1. The molecule has 0 spiro atoms. The van der Waals surface area contributed by atoms with Gasteiger partial charge in [-0.25, -0.2) is 4.98 Å². The number of ether oxygens (including phenoxy) is 2. The molecule has 4 rings (SSSR count). The van der Waals surface area contributed by atoms with Gasteiger partial charge in [0.2, 0.25) is 12.7 Å². The smallest absolute Gasteiger partial charge is 0.278 e. The first kappa shape index (κ1) is 19.4. The van der Waals surface area contributed by atoms with Gasteiger partial charge in [-0.2, -0.15) is 0 Å². The van der Waals surface area contributed by atoms with Crippen LogP contribution in [0, 0.1) is 6.92 Å². The Balaban J connectivity index is 1.44. The van der Waals surface area contributed by atoms with E-state index in [1.165, 1.54) is 11.8 Å². The fourth-order valence-electron chi connectivity index (χ4n) is 3.18. The van der Waals surface area contributed by atoms with E-state index in [1.54, 1.807) is 4.57 Å². The zero-order valence-corrected chi connectivity index (χ0v) is 17.3. The summed E-state index contributed by atoms with van der Waals surface area (Å²) in [5.74, 6) is 1.43. The molecule has 29 heavy (non-hydrogen) atoms. The summed E-state index contributed by atoms with van der Waals surface area (Å²) in [6.07, 6.45) is 0. The van der Waals surface area contributed by atoms with Gasteiger partial charge in [0.05, 0.1) is 11.3 Å². The van der Waals surface area contributed by atoms with Gasteiger partial charge in [-0.15, -0.1) is 0 Å². The molecule has 1 aliphatic rings. The van der Waals surface area contributed by atoms with Gasteiger partial charge < -0.3 is 19.8 Å². The van der Waals surface area contributed by atoms with Crippen LogP contribution < -0.4 is 20.3 Å². The van der Waals surface area contributed by atoms with E-state index in [4.69, 9.17) is 9.47 Å². The van der Waals surface area contributed by atoms with Crippen molar-refractivity contribution >= 4 is 28.7 Å². The van der Waals surface area contributed by atoms with Crippen LogP contribution in [-0.2, 0) is 11.3 Å². The van der Waals surface area contributed by atoms with Gasteiger partial charge in [0.1, 0.15) is 5.52 Å². The van der Waals surface area contributed by atoms with Crippen molar-refractivity contribution in [2.24, 2.45) is 0 Å². The van der Waals surface area contributed by atoms with Crippen molar-refractivity contribution in [2.75, 3.05) is 12.5 Å². The molecule has 0 saturated heterocycles. The summed E-state index contributed by atoms with van der Waals surface area (Å²) in [6, 6.07) is 7.35. The number of rotatable bonds is 6. The van der Waals surface area contributed by atoms with Crippen molar-refractivity contribution in [1.82, 2.24) is 19.9 Å². The summed E-state index contributed by atoms with van der Waals surface area (Å²) in [7, 11) is 0. The monoisotopic (exact) mass is 414 g/mol. The molecule has 9 heteroatoms. The number of carbonyl (C=O) groups is 1. The molecule has 0 unspecified atom stereocenters. The maximum absolute atomic E-state index is 12.8. The highest BCUT2D eigenvalue weighted by molar-refractivity contribution is 7.99. The summed E-state index contributed by atoms with van der Waals surface area (Å²) in [5.41, 5.74) is 2.79. The van der Waals surface area contributed by atoms with Crippen LogP contribution in [0.2, 0.25) is 0 Å². The standard InChI is InChI=1S/C20H22N4O4S/c1-11(2)24-19(26)18-14(6-12(3)22-18)23-20(24)29-9-17(25)21-8-13-4-5-15-16(7-13)28-10-27-15/h4-7,11,22H,8-10H2,1-3H3,(H,21,25). The molecule has 0 bridgehead atoms. The highest BCUT2D eigenvalue weighted by Crippen LogP contribution is 2.32. The minimum atomic E-state index is -0.137. The predicted octanol–water partition coefficient (Wildman–Crippen LogP) is 2.75. The van der Waals surface area contributed by atoms with Crippen molar-refractivity contribution < 1.29 is 14.3 Å². The first-order valence-corrected chi connectivity index (χ1v) is 10.3. The van der Waals surface area contributed by atoms with E-state index in [-0.39, 0.29) is 30.1 Å². The molecular weight excluding hydrogens is 392 g/mol. The van der Waals surface area contributed by atoms with Crippen LogP contribution in [0.1, 0.15) is 31.1 Å². The number of carbonyl (C=O) groups excluding carboxylic acids is 1. The predicted molar refractivity (Wildman–Crippen MR) is 111 cm³/mol. The van der Waals surface area contributed by atoms with Gasteiger partial charge in [-0.1, -0.05) is 17.8 Å². The van der Waals surface area contributed by atoms with Crippen LogP contribution in [0.15, 0.2) is 34.2 Å². The van der Waals surface area contributed by atoms with E-state index in [2.05, 4.69) is 15.3 Å². The average Bonchev–Trinajstić information content (AvgIpc) is 3.29. The lowest BCUT2D eigenvalue weighted by molar-refractivity contribution is -0.118. The Hall–Kier alpha value is -2.94. The summed E-state index contributed by atoms with van der Waals surface area (Å²) in [5, 5.41) is 3.42. The molecule has 2 N–H and O–H groups in total. The lowest BCUT2D eigenvalue weighted by atomic mass is 10.2. The lowest BCUT2D eigenvalue weighted by Crippen LogP contribution is -2.27. The van der Waals surface area contributed by atoms with Gasteiger partial charge in [0.15, 0.2) is 16.7 Å². The van der Waals surface area contributed by atoms with Crippen LogP contribution in [0.25, 0.3) is 11.0 Å². The van der Waals surface area contributed by atoms with Gasteiger partial charge >= 0.3 is 0 Å².